The van der Waals surface area contributed by atoms with Crippen molar-refractivity contribution in [3.8, 4) is 0 Å². The van der Waals surface area contributed by atoms with Gasteiger partial charge in [-0.25, -0.2) is 0 Å². The molecule has 1 aromatic rings. The third-order valence-electron chi connectivity index (χ3n) is 4.21. The minimum atomic E-state index is -0.0309. The molecular weight excluding hydrogens is 314 g/mol. The summed E-state index contributed by atoms with van der Waals surface area (Å²) in [6.45, 7) is 9.82. The Bertz CT molecular complexity index is 582. The van der Waals surface area contributed by atoms with Crippen molar-refractivity contribution in [2.24, 2.45) is 0 Å². The number of para-hydroxylation sites is 1. The first-order chi connectivity index (χ1) is 11.7. The van der Waals surface area contributed by atoms with E-state index in [0.29, 0.717) is 25.4 Å². The van der Waals surface area contributed by atoms with Crippen LogP contribution in [0.2, 0.25) is 0 Å². The van der Waals surface area contributed by atoms with Gasteiger partial charge < -0.3 is 15.1 Å². The Balaban J connectivity index is 2.74. The van der Waals surface area contributed by atoms with Gasteiger partial charge in [-0.05, 0) is 51.0 Å². The Hall–Kier alpha value is -1.88. The molecule has 1 aromatic carbocycles. The molecule has 0 spiro atoms. The predicted octanol–water partition coefficient (Wildman–Crippen LogP) is 2.93. The molecule has 0 aromatic heterocycles. The second kappa shape index (κ2) is 10.2. The van der Waals surface area contributed by atoms with E-state index in [2.05, 4.69) is 30.1 Å². The third kappa shape index (κ3) is 6.86. The molecule has 0 aliphatic rings. The van der Waals surface area contributed by atoms with Crippen LogP contribution in [0.4, 0.5) is 5.69 Å². The van der Waals surface area contributed by atoms with E-state index in [9.17, 15) is 9.59 Å². The number of carbonyl (C=O) groups excluding carboxylic acids is 2. The Morgan fingerprint density at radius 2 is 1.84 bits per heavy atom. The maximum absolute atomic E-state index is 12.2. The van der Waals surface area contributed by atoms with Gasteiger partial charge in [-0.1, -0.05) is 32.0 Å². The summed E-state index contributed by atoms with van der Waals surface area (Å²) in [6, 6.07) is 6.09. The number of nitrogens with zero attached hydrogens (tertiary/aromatic N) is 2. The number of aryl methyl sites for hydroxylation is 1. The molecule has 0 fully saturated rings. The molecule has 25 heavy (non-hydrogen) atoms. The van der Waals surface area contributed by atoms with E-state index in [1.54, 1.807) is 11.8 Å². The lowest BCUT2D eigenvalue weighted by Crippen LogP contribution is -2.35. The monoisotopic (exact) mass is 347 g/mol. The van der Waals surface area contributed by atoms with E-state index in [1.165, 1.54) is 0 Å². The van der Waals surface area contributed by atoms with Crippen LogP contribution in [0.15, 0.2) is 18.2 Å². The fourth-order valence-corrected chi connectivity index (χ4v) is 2.87. The predicted molar refractivity (Wildman–Crippen MR) is 104 cm³/mol. The van der Waals surface area contributed by atoms with Crippen molar-refractivity contribution >= 4 is 17.5 Å². The van der Waals surface area contributed by atoms with E-state index in [4.69, 9.17) is 0 Å². The summed E-state index contributed by atoms with van der Waals surface area (Å²) in [5, 5.41) is 2.93. The molecule has 0 saturated carbocycles. The van der Waals surface area contributed by atoms with E-state index >= 15 is 0 Å². The third-order valence-corrected chi connectivity index (χ3v) is 4.21. The van der Waals surface area contributed by atoms with E-state index in [-0.39, 0.29) is 11.8 Å². The number of amides is 2. The lowest BCUT2D eigenvalue weighted by Gasteiger charge is -2.27. The van der Waals surface area contributed by atoms with E-state index in [1.807, 2.05) is 33.2 Å². The molecule has 0 atom stereocenters. The standard InChI is InChI=1S/C20H33N3O2/c1-15(2)18-10-7-9-16(3)20(18)23(17(4)24)14-11-19(25)21-12-8-13-22(5)6/h7,9-10,15H,8,11-14H2,1-6H3,(H,21,25). The van der Waals surface area contributed by atoms with Crippen LogP contribution in [-0.4, -0.2) is 50.4 Å². The van der Waals surface area contributed by atoms with Crippen molar-refractivity contribution in [3.63, 3.8) is 0 Å². The highest BCUT2D eigenvalue weighted by Gasteiger charge is 2.20. The van der Waals surface area contributed by atoms with Crippen molar-refractivity contribution in [3.05, 3.63) is 29.3 Å². The Morgan fingerprint density at radius 1 is 1.16 bits per heavy atom. The smallest absolute Gasteiger partial charge is 0.223 e. The number of anilines is 1. The van der Waals surface area contributed by atoms with Crippen molar-refractivity contribution in [1.82, 2.24) is 10.2 Å². The number of hydrogen-bond acceptors (Lipinski definition) is 3. The lowest BCUT2D eigenvalue weighted by atomic mass is 9.97. The van der Waals surface area contributed by atoms with Gasteiger partial charge in [-0.2, -0.15) is 0 Å². The lowest BCUT2D eigenvalue weighted by molar-refractivity contribution is -0.121. The maximum Gasteiger partial charge on any atom is 0.223 e. The first kappa shape index (κ1) is 21.2. The molecule has 0 bridgehead atoms. The van der Waals surface area contributed by atoms with Crippen LogP contribution in [0.3, 0.4) is 0 Å². The van der Waals surface area contributed by atoms with Crippen molar-refractivity contribution < 1.29 is 9.59 Å². The molecule has 0 heterocycles. The fourth-order valence-electron chi connectivity index (χ4n) is 2.87. The molecule has 0 aliphatic heterocycles. The first-order valence-electron chi connectivity index (χ1n) is 9.03. The molecule has 0 radical (unpaired) electrons. The van der Waals surface area contributed by atoms with Gasteiger partial charge in [0.15, 0.2) is 0 Å². The highest BCUT2D eigenvalue weighted by atomic mass is 16.2. The van der Waals surface area contributed by atoms with Gasteiger partial charge >= 0.3 is 0 Å². The molecule has 140 valence electrons. The number of nitrogens with one attached hydrogen (secondary N) is 1. The van der Waals surface area contributed by atoms with Gasteiger partial charge in [-0.15, -0.1) is 0 Å². The number of benzene rings is 1. The van der Waals surface area contributed by atoms with Crippen LogP contribution in [0.1, 0.15) is 50.7 Å². The molecule has 0 unspecified atom stereocenters. The molecule has 2 amide bonds. The number of rotatable bonds is 9. The Kier molecular flexibility index (Phi) is 8.62. The van der Waals surface area contributed by atoms with Crippen LogP contribution >= 0.6 is 0 Å². The van der Waals surface area contributed by atoms with Gasteiger partial charge in [0.1, 0.15) is 0 Å². The summed E-state index contributed by atoms with van der Waals surface area (Å²) in [5.74, 6) is 0.276. The van der Waals surface area contributed by atoms with Gasteiger partial charge in [0.05, 0.1) is 0 Å². The zero-order chi connectivity index (χ0) is 19.0. The Labute approximate surface area is 152 Å². The normalized spacial score (nSPS) is 11.0. The van der Waals surface area contributed by atoms with Gasteiger partial charge in [0.2, 0.25) is 11.8 Å². The number of hydrogen-bond donors (Lipinski definition) is 1. The topological polar surface area (TPSA) is 52.7 Å². The molecule has 1 rings (SSSR count). The molecule has 0 saturated heterocycles. The zero-order valence-corrected chi connectivity index (χ0v) is 16.6. The fraction of sp³-hybridized carbons (Fsp3) is 0.600. The van der Waals surface area contributed by atoms with Crippen molar-refractivity contribution in [1.29, 1.82) is 0 Å². The van der Waals surface area contributed by atoms with Crippen LogP contribution in [-0.2, 0) is 9.59 Å². The van der Waals surface area contributed by atoms with Crippen molar-refractivity contribution in [2.75, 3.05) is 38.6 Å². The van der Waals surface area contributed by atoms with Crippen LogP contribution in [0.5, 0.6) is 0 Å². The SMILES string of the molecule is CC(=O)N(CCC(=O)NCCCN(C)C)c1c(C)cccc1C(C)C. The first-order valence-corrected chi connectivity index (χ1v) is 9.03. The van der Waals surface area contributed by atoms with E-state index in [0.717, 1.165) is 29.8 Å². The highest BCUT2D eigenvalue weighted by molar-refractivity contribution is 5.94. The summed E-state index contributed by atoms with van der Waals surface area (Å²) in [7, 11) is 4.03. The minimum Gasteiger partial charge on any atom is -0.356 e. The van der Waals surface area contributed by atoms with Crippen molar-refractivity contribution in [2.45, 2.75) is 46.5 Å². The summed E-state index contributed by atoms with van der Waals surface area (Å²) in [6.07, 6.45) is 1.23. The summed E-state index contributed by atoms with van der Waals surface area (Å²) in [4.78, 5) is 28.1. The summed E-state index contributed by atoms with van der Waals surface area (Å²) >= 11 is 0. The quantitative estimate of drug-likeness (QED) is 0.699. The second-order valence-electron chi connectivity index (χ2n) is 7.09. The maximum atomic E-state index is 12.2. The molecule has 5 heteroatoms. The number of carbonyl (C=O) groups is 2. The van der Waals surface area contributed by atoms with Crippen LogP contribution in [0.25, 0.3) is 0 Å². The molecule has 0 aliphatic carbocycles. The molecule has 1 N–H and O–H groups in total. The minimum absolute atomic E-state index is 0.00955. The van der Waals surface area contributed by atoms with Crippen LogP contribution < -0.4 is 10.2 Å². The van der Waals surface area contributed by atoms with Gasteiger partial charge in [0.25, 0.3) is 0 Å². The zero-order valence-electron chi connectivity index (χ0n) is 16.6. The van der Waals surface area contributed by atoms with Gasteiger partial charge in [-0.3, -0.25) is 9.59 Å². The largest absolute Gasteiger partial charge is 0.356 e. The van der Waals surface area contributed by atoms with E-state index < -0.39 is 0 Å². The van der Waals surface area contributed by atoms with Crippen LogP contribution in [0, 0.1) is 6.92 Å². The summed E-state index contributed by atoms with van der Waals surface area (Å²) < 4.78 is 0. The highest BCUT2D eigenvalue weighted by Crippen LogP contribution is 2.31. The second-order valence-corrected chi connectivity index (χ2v) is 7.09. The molecular formula is C20H33N3O2. The average molecular weight is 348 g/mol. The Morgan fingerprint density at radius 3 is 2.40 bits per heavy atom. The summed E-state index contributed by atoms with van der Waals surface area (Å²) in [5.41, 5.74) is 3.15. The van der Waals surface area contributed by atoms with Gasteiger partial charge in [0, 0.05) is 32.1 Å². The molecule has 5 nitrogen and oxygen atoms in total. The average Bonchev–Trinajstić information content (AvgIpc) is 2.52.